The predicted octanol–water partition coefficient (Wildman–Crippen LogP) is 2.11. The summed E-state index contributed by atoms with van der Waals surface area (Å²) in [7, 11) is 0. The molecule has 0 saturated heterocycles. The lowest BCUT2D eigenvalue weighted by Gasteiger charge is -2.10. The van der Waals surface area contributed by atoms with Crippen LogP contribution < -0.4 is 10.5 Å². The second-order valence-electron chi connectivity index (χ2n) is 4.39. The van der Waals surface area contributed by atoms with Crippen molar-refractivity contribution in [1.82, 2.24) is 9.97 Å². The minimum Gasteiger partial charge on any atom is -0.477 e. The van der Waals surface area contributed by atoms with Gasteiger partial charge in [-0.15, -0.1) is 0 Å². The van der Waals surface area contributed by atoms with Crippen LogP contribution in [0.3, 0.4) is 0 Å². The summed E-state index contributed by atoms with van der Waals surface area (Å²) < 4.78 is 5.68. The van der Waals surface area contributed by atoms with Crippen LogP contribution in [0.25, 0.3) is 0 Å². The maximum Gasteiger partial charge on any atom is 0.221 e. The average molecular weight is 221 g/mol. The Kier molecular flexibility index (Phi) is 3.27. The molecule has 0 aromatic carbocycles. The van der Waals surface area contributed by atoms with Crippen LogP contribution in [0.1, 0.15) is 37.6 Å². The van der Waals surface area contributed by atoms with Crippen molar-refractivity contribution in [3.63, 3.8) is 0 Å². The molecule has 88 valence electrons. The minimum absolute atomic E-state index is 0.535. The van der Waals surface area contributed by atoms with Crippen molar-refractivity contribution in [1.29, 1.82) is 0 Å². The average Bonchev–Trinajstić information content (AvgIpc) is 3.08. The molecule has 1 fully saturated rings. The van der Waals surface area contributed by atoms with Crippen LogP contribution in [0.5, 0.6) is 5.88 Å². The molecule has 4 nitrogen and oxygen atoms in total. The smallest absolute Gasteiger partial charge is 0.221 e. The van der Waals surface area contributed by atoms with Gasteiger partial charge < -0.3 is 10.5 Å². The molecule has 1 saturated carbocycles. The Morgan fingerprint density at radius 2 is 2.12 bits per heavy atom. The van der Waals surface area contributed by atoms with E-state index in [4.69, 9.17) is 10.5 Å². The highest BCUT2D eigenvalue weighted by Crippen LogP contribution is 2.32. The van der Waals surface area contributed by atoms with E-state index in [9.17, 15) is 0 Å². The van der Waals surface area contributed by atoms with E-state index in [1.165, 1.54) is 12.8 Å². The summed E-state index contributed by atoms with van der Waals surface area (Å²) in [5, 5.41) is 0. The van der Waals surface area contributed by atoms with E-state index >= 15 is 0 Å². The summed E-state index contributed by atoms with van der Waals surface area (Å²) >= 11 is 0. The third kappa shape index (κ3) is 2.62. The Morgan fingerprint density at radius 3 is 2.75 bits per heavy atom. The Hall–Kier alpha value is -1.32. The zero-order valence-electron chi connectivity index (χ0n) is 9.99. The van der Waals surface area contributed by atoms with Crippen molar-refractivity contribution >= 4 is 5.82 Å². The van der Waals surface area contributed by atoms with Crippen molar-refractivity contribution in [3.8, 4) is 5.88 Å². The number of hydrogen-bond acceptors (Lipinski definition) is 4. The van der Waals surface area contributed by atoms with Crippen LogP contribution in [-0.4, -0.2) is 16.6 Å². The zero-order valence-corrected chi connectivity index (χ0v) is 9.99. The highest BCUT2D eigenvalue weighted by Gasteiger charge is 2.21. The molecule has 0 radical (unpaired) electrons. The first-order chi connectivity index (χ1) is 7.70. The fraction of sp³-hybridized carbons (Fsp3) is 0.667. The predicted molar refractivity (Wildman–Crippen MR) is 63.4 cm³/mol. The van der Waals surface area contributed by atoms with Gasteiger partial charge in [-0.1, -0.05) is 19.8 Å². The molecule has 0 spiro atoms. The summed E-state index contributed by atoms with van der Waals surface area (Å²) in [6.07, 6.45) is 4.62. The molecule has 1 aromatic heterocycles. The van der Waals surface area contributed by atoms with Crippen molar-refractivity contribution in [2.75, 3.05) is 12.3 Å². The van der Waals surface area contributed by atoms with Crippen LogP contribution >= 0.6 is 0 Å². The molecule has 2 rings (SSSR count). The van der Waals surface area contributed by atoms with Gasteiger partial charge in [0, 0.05) is 6.42 Å². The normalized spacial score (nSPS) is 15.1. The van der Waals surface area contributed by atoms with E-state index < -0.39 is 0 Å². The zero-order chi connectivity index (χ0) is 11.5. The largest absolute Gasteiger partial charge is 0.477 e. The number of nitrogens with two attached hydrogens (primary N) is 1. The first-order valence-corrected chi connectivity index (χ1v) is 5.96. The van der Waals surface area contributed by atoms with E-state index in [2.05, 4.69) is 9.97 Å². The molecule has 1 heterocycles. The molecule has 1 aliphatic carbocycles. The molecular weight excluding hydrogens is 202 g/mol. The maximum absolute atomic E-state index is 5.81. The van der Waals surface area contributed by atoms with Crippen LogP contribution in [0.4, 0.5) is 5.82 Å². The number of rotatable bonds is 5. The summed E-state index contributed by atoms with van der Waals surface area (Å²) in [4.78, 5) is 8.55. The van der Waals surface area contributed by atoms with E-state index in [0.717, 1.165) is 36.8 Å². The van der Waals surface area contributed by atoms with Gasteiger partial charge in [-0.05, 0) is 19.3 Å². The number of hydrogen-bond donors (Lipinski definition) is 1. The maximum atomic E-state index is 5.81. The fourth-order valence-corrected chi connectivity index (χ4v) is 1.59. The quantitative estimate of drug-likeness (QED) is 0.827. The van der Waals surface area contributed by atoms with Gasteiger partial charge in [-0.2, -0.15) is 4.98 Å². The summed E-state index contributed by atoms with van der Waals surface area (Å²) in [6, 6.07) is 0. The molecule has 0 unspecified atom stereocenters. The van der Waals surface area contributed by atoms with Gasteiger partial charge >= 0.3 is 0 Å². The van der Waals surface area contributed by atoms with Gasteiger partial charge in [0.05, 0.1) is 12.2 Å². The standard InChI is InChI=1S/C12H19N3O/c1-3-10-14-11(13)8(2)12(15-10)16-7-6-9-4-5-9/h9H,3-7H2,1-2H3,(H2,13,14,15). The van der Waals surface area contributed by atoms with E-state index in [-0.39, 0.29) is 0 Å². The Morgan fingerprint density at radius 1 is 1.38 bits per heavy atom. The van der Waals surface area contributed by atoms with Gasteiger partial charge in [-0.25, -0.2) is 4.98 Å². The monoisotopic (exact) mass is 221 g/mol. The van der Waals surface area contributed by atoms with Crippen molar-refractivity contribution in [3.05, 3.63) is 11.4 Å². The highest BCUT2D eigenvalue weighted by molar-refractivity contribution is 5.44. The van der Waals surface area contributed by atoms with Crippen LogP contribution in [0.2, 0.25) is 0 Å². The van der Waals surface area contributed by atoms with Crippen LogP contribution in [-0.2, 0) is 6.42 Å². The number of anilines is 1. The second-order valence-corrected chi connectivity index (χ2v) is 4.39. The number of aromatic nitrogens is 2. The summed E-state index contributed by atoms with van der Waals surface area (Å²) in [5.74, 6) is 2.83. The van der Waals surface area contributed by atoms with E-state index in [1.807, 2.05) is 13.8 Å². The third-order valence-electron chi connectivity index (χ3n) is 2.96. The number of nitrogens with zero attached hydrogens (tertiary/aromatic N) is 2. The Labute approximate surface area is 96.2 Å². The molecule has 4 heteroatoms. The second kappa shape index (κ2) is 4.68. The Balaban J connectivity index is 2.02. The first-order valence-electron chi connectivity index (χ1n) is 5.96. The molecule has 1 aromatic rings. The summed E-state index contributed by atoms with van der Waals surface area (Å²) in [6.45, 7) is 4.66. The SMILES string of the molecule is CCc1nc(N)c(C)c(OCCC2CC2)n1. The van der Waals surface area contributed by atoms with Gasteiger partial charge in [0.25, 0.3) is 0 Å². The fourth-order valence-electron chi connectivity index (χ4n) is 1.59. The van der Waals surface area contributed by atoms with E-state index in [0.29, 0.717) is 11.7 Å². The van der Waals surface area contributed by atoms with Crippen LogP contribution in [0.15, 0.2) is 0 Å². The molecular formula is C12H19N3O. The first kappa shape index (κ1) is 11.2. The Bertz CT molecular complexity index is 375. The van der Waals surface area contributed by atoms with Gasteiger partial charge in [-0.3, -0.25) is 0 Å². The molecule has 0 amide bonds. The van der Waals surface area contributed by atoms with Crippen molar-refractivity contribution < 1.29 is 4.74 Å². The van der Waals surface area contributed by atoms with Crippen LogP contribution in [0, 0.1) is 12.8 Å². The number of aryl methyl sites for hydroxylation is 1. The lowest BCUT2D eigenvalue weighted by Crippen LogP contribution is -2.07. The lowest BCUT2D eigenvalue weighted by atomic mass is 10.3. The highest BCUT2D eigenvalue weighted by atomic mass is 16.5. The van der Waals surface area contributed by atoms with Crippen molar-refractivity contribution in [2.24, 2.45) is 5.92 Å². The number of nitrogen functional groups attached to an aromatic ring is 1. The molecule has 2 N–H and O–H groups in total. The van der Waals surface area contributed by atoms with Gasteiger partial charge in [0.2, 0.25) is 5.88 Å². The summed E-state index contributed by atoms with van der Waals surface area (Å²) in [5.41, 5.74) is 6.66. The number of ether oxygens (including phenoxy) is 1. The lowest BCUT2D eigenvalue weighted by molar-refractivity contribution is 0.288. The third-order valence-corrected chi connectivity index (χ3v) is 2.96. The molecule has 16 heavy (non-hydrogen) atoms. The van der Waals surface area contributed by atoms with Gasteiger partial charge in [0.1, 0.15) is 11.6 Å². The molecule has 1 aliphatic rings. The van der Waals surface area contributed by atoms with Gasteiger partial charge in [0.15, 0.2) is 0 Å². The minimum atomic E-state index is 0.535. The molecule has 0 bridgehead atoms. The molecule has 0 atom stereocenters. The molecule has 0 aliphatic heterocycles. The van der Waals surface area contributed by atoms with E-state index in [1.54, 1.807) is 0 Å². The van der Waals surface area contributed by atoms with Crippen molar-refractivity contribution in [2.45, 2.75) is 39.5 Å². The topological polar surface area (TPSA) is 61.0 Å².